The second kappa shape index (κ2) is 5.91. The van der Waals surface area contributed by atoms with Crippen LogP contribution in [0.4, 0.5) is 5.13 Å². The van der Waals surface area contributed by atoms with Crippen LogP contribution in [0.25, 0.3) is 0 Å². The van der Waals surface area contributed by atoms with Crippen LogP contribution in [0.1, 0.15) is 30.1 Å². The lowest BCUT2D eigenvalue weighted by molar-refractivity contribution is 0.640. The maximum atomic E-state index is 4.26. The number of rotatable bonds is 5. The van der Waals surface area contributed by atoms with Crippen LogP contribution >= 0.6 is 11.3 Å². The van der Waals surface area contributed by atoms with E-state index in [0.717, 1.165) is 34.4 Å². The number of nitrogens with zero attached hydrogens (tertiary/aromatic N) is 3. The Hall–Kier alpha value is -1.49. The van der Waals surface area contributed by atoms with Gasteiger partial charge < -0.3 is 5.32 Å². The van der Waals surface area contributed by atoms with E-state index in [0.29, 0.717) is 5.92 Å². The van der Waals surface area contributed by atoms with E-state index in [4.69, 9.17) is 0 Å². The molecule has 2 aromatic heterocycles. The molecule has 0 unspecified atom stereocenters. The molecule has 2 rings (SSSR count). The molecule has 18 heavy (non-hydrogen) atoms. The maximum Gasteiger partial charge on any atom is 0.205 e. The summed E-state index contributed by atoms with van der Waals surface area (Å²) in [7, 11) is 0. The largest absolute Gasteiger partial charge is 0.356 e. The molecule has 0 amide bonds. The lowest BCUT2D eigenvalue weighted by Crippen LogP contribution is -1.99. The van der Waals surface area contributed by atoms with Crippen molar-refractivity contribution in [2.45, 2.75) is 33.7 Å². The number of anilines is 1. The highest BCUT2D eigenvalue weighted by Crippen LogP contribution is 2.18. The molecule has 96 valence electrons. The fraction of sp³-hybridized carbons (Fsp3) is 0.462. The van der Waals surface area contributed by atoms with Gasteiger partial charge in [-0.2, -0.15) is 0 Å². The summed E-state index contributed by atoms with van der Waals surface area (Å²) >= 11 is 1.63. The third-order valence-electron chi connectivity index (χ3n) is 2.47. The van der Waals surface area contributed by atoms with Gasteiger partial charge in [0.15, 0.2) is 0 Å². The zero-order valence-electron chi connectivity index (χ0n) is 11.0. The normalized spacial score (nSPS) is 10.9. The highest BCUT2D eigenvalue weighted by Gasteiger charge is 2.05. The summed E-state index contributed by atoms with van der Waals surface area (Å²) in [5.41, 5.74) is 2.19. The van der Waals surface area contributed by atoms with Crippen molar-refractivity contribution in [3.63, 3.8) is 0 Å². The molecule has 0 fully saturated rings. The zero-order chi connectivity index (χ0) is 13.0. The number of hydrogen-bond acceptors (Lipinski definition) is 5. The Morgan fingerprint density at radius 2 is 2.11 bits per heavy atom. The minimum Gasteiger partial charge on any atom is -0.356 e. The predicted octanol–water partition coefficient (Wildman–Crippen LogP) is 3.05. The number of pyridine rings is 1. The van der Waals surface area contributed by atoms with Crippen LogP contribution in [0.3, 0.4) is 0 Å². The van der Waals surface area contributed by atoms with Crippen LogP contribution in [0.5, 0.6) is 0 Å². The van der Waals surface area contributed by atoms with Gasteiger partial charge in [0.25, 0.3) is 0 Å². The van der Waals surface area contributed by atoms with E-state index in [1.165, 1.54) is 0 Å². The quantitative estimate of drug-likeness (QED) is 0.899. The summed E-state index contributed by atoms with van der Waals surface area (Å²) in [6.07, 6.45) is 2.88. The van der Waals surface area contributed by atoms with Gasteiger partial charge in [-0.3, -0.25) is 4.98 Å². The summed E-state index contributed by atoms with van der Waals surface area (Å²) < 4.78 is 0. The van der Waals surface area contributed by atoms with E-state index < -0.39 is 0 Å². The minimum absolute atomic E-state index is 0.618. The first-order chi connectivity index (χ1) is 8.63. The number of hydrogen-bond donors (Lipinski definition) is 1. The molecule has 0 spiro atoms. The van der Waals surface area contributed by atoms with Gasteiger partial charge in [0.2, 0.25) is 5.13 Å². The lowest BCUT2D eigenvalue weighted by atomic mass is 10.1. The Morgan fingerprint density at radius 1 is 1.28 bits per heavy atom. The smallest absolute Gasteiger partial charge is 0.205 e. The first kappa shape index (κ1) is 13.0. The molecular weight excluding hydrogens is 244 g/mol. The summed E-state index contributed by atoms with van der Waals surface area (Å²) in [4.78, 5) is 4.26. The van der Waals surface area contributed by atoms with Crippen LogP contribution in [0.15, 0.2) is 18.3 Å². The molecular formula is C13H18N4S. The average molecular weight is 262 g/mol. The molecule has 0 bridgehead atoms. The van der Waals surface area contributed by atoms with Gasteiger partial charge >= 0.3 is 0 Å². The third-order valence-corrected chi connectivity index (χ3v) is 3.37. The Bertz CT molecular complexity index is 490. The van der Waals surface area contributed by atoms with Crippen molar-refractivity contribution in [1.29, 1.82) is 0 Å². The minimum atomic E-state index is 0.618. The van der Waals surface area contributed by atoms with Crippen molar-refractivity contribution in [2.24, 2.45) is 5.92 Å². The number of nitrogens with one attached hydrogen (secondary N) is 1. The molecule has 0 aliphatic rings. The number of aromatic nitrogens is 3. The topological polar surface area (TPSA) is 50.7 Å². The molecule has 2 heterocycles. The van der Waals surface area contributed by atoms with Crippen LogP contribution < -0.4 is 5.32 Å². The summed E-state index contributed by atoms with van der Waals surface area (Å²) in [5.74, 6) is 0.618. The molecule has 2 aromatic rings. The highest BCUT2D eigenvalue weighted by atomic mass is 32.1. The van der Waals surface area contributed by atoms with Gasteiger partial charge in [0.05, 0.1) is 0 Å². The summed E-state index contributed by atoms with van der Waals surface area (Å²) in [6, 6.07) is 4.09. The van der Waals surface area contributed by atoms with Gasteiger partial charge in [0.1, 0.15) is 5.01 Å². The monoisotopic (exact) mass is 262 g/mol. The Morgan fingerprint density at radius 3 is 2.78 bits per heavy atom. The van der Waals surface area contributed by atoms with E-state index in [1.54, 1.807) is 11.3 Å². The van der Waals surface area contributed by atoms with Crippen molar-refractivity contribution >= 4 is 16.5 Å². The second-order valence-corrected chi connectivity index (χ2v) is 5.82. The first-order valence-corrected chi connectivity index (χ1v) is 6.93. The molecule has 0 saturated heterocycles. The molecule has 0 aliphatic heterocycles. The predicted molar refractivity (Wildman–Crippen MR) is 74.8 cm³/mol. The van der Waals surface area contributed by atoms with E-state index >= 15 is 0 Å². The molecule has 0 atom stereocenters. The van der Waals surface area contributed by atoms with Gasteiger partial charge in [0, 0.05) is 24.9 Å². The zero-order valence-corrected chi connectivity index (χ0v) is 11.8. The molecule has 0 aromatic carbocycles. The van der Waals surface area contributed by atoms with Crippen molar-refractivity contribution in [2.75, 3.05) is 5.32 Å². The van der Waals surface area contributed by atoms with Gasteiger partial charge in [-0.15, -0.1) is 10.2 Å². The standard InChI is InChI=1S/C13H18N4S/c1-9(2)6-12-16-17-13(18-12)15-8-11-5-4-10(3)14-7-11/h4-5,7,9H,6,8H2,1-3H3,(H,15,17). The van der Waals surface area contributed by atoms with Crippen LogP contribution in [0.2, 0.25) is 0 Å². The lowest BCUT2D eigenvalue weighted by Gasteiger charge is -2.02. The van der Waals surface area contributed by atoms with Crippen LogP contribution in [-0.2, 0) is 13.0 Å². The van der Waals surface area contributed by atoms with Gasteiger partial charge in [-0.05, 0) is 24.5 Å². The fourth-order valence-electron chi connectivity index (χ4n) is 1.54. The van der Waals surface area contributed by atoms with E-state index in [1.807, 2.05) is 19.2 Å². The average Bonchev–Trinajstić information content (AvgIpc) is 2.75. The third kappa shape index (κ3) is 3.77. The van der Waals surface area contributed by atoms with E-state index in [-0.39, 0.29) is 0 Å². The van der Waals surface area contributed by atoms with E-state index in [9.17, 15) is 0 Å². The van der Waals surface area contributed by atoms with Crippen molar-refractivity contribution in [3.8, 4) is 0 Å². The molecule has 5 heteroatoms. The first-order valence-electron chi connectivity index (χ1n) is 6.11. The maximum absolute atomic E-state index is 4.26. The number of aryl methyl sites for hydroxylation is 1. The second-order valence-electron chi connectivity index (χ2n) is 4.76. The van der Waals surface area contributed by atoms with E-state index in [2.05, 4.69) is 40.4 Å². The van der Waals surface area contributed by atoms with Crippen molar-refractivity contribution in [3.05, 3.63) is 34.6 Å². The molecule has 1 N–H and O–H groups in total. The molecule has 0 saturated carbocycles. The Kier molecular flexibility index (Phi) is 4.25. The summed E-state index contributed by atoms with van der Waals surface area (Å²) in [5, 5.41) is 13.6. The molecule has 0 aliphatic carbocycles. The SMILES string of the molecule is Cc1ccc(CNc2nnc(CC(C)C)s2)cn1. The van der Waals surface area contributed by atoms with Gasteiger partial charge in [-0.25, -0.2) is 0 Å². The fourth-order valence-corrected chi connectivity index (χ4v) is 2.48. The van der Waals surface area contributed by atoms with Gasteiger partial charge in [-0.1, -0.05) is 31.3 Å². The summed E-state index contributed by atoms with van der Waals surface area (Å²) in [6.45, 7) is 7.10. The Labute approximate surface area is 111 Å². The molecule has 4 nitrogen and oxygen atoms in total. The Balaban J connectivity index is 1.90. The van der Waals surface area contributed by atoms with Crippen molar-refractivity contribution < 1.29 is 0 Å². The van der Waals surface area contributed by atoms with Crippen LogP contribution in [0, 0.1) is 12.8 Å². The van der Waals surface area contributed by atoms with Crippen LogP contribution in [-0.4, -0.2) is 15.2 Å². The highest BCUT2D eigenvalue weighted by molar-refractivity contribution is 7.15. The van der Waals surface area contributed by atoms with Crippen molar-refractivity contribution in [1.82, 2.24) is 15.2 Å². The molecule has 0 radical (unpaired) electrons.